The van der Waals surface area contributed by atoms with Crippen LogP contribution in [0.2, 0.25) is 0 Å². The Balaban J connectivity index is 2.78. The molecule has 11 heavy (non-hydrogen) atoms. The van der Waals surface area contributed by atoms with Crippen molar-refractivity contribution < 1.29 is 0 Å². The van der Waals surface area contributed by atoms with Gasteiger partial charge in [-0.3, -0.25) is 0 Å². The quantitative estimate of drug-likeness (QED) is 0.688. The topological polar surface area (TPSA) is 38.9 Å². The number of aromatic nitrogens is 1. The molecule has 60 valence electrons. The van der Waals surface area contributed by atoms with Gasteiger partial charge in [-0.15, -0.1) is 11.8 Å². The van der Waals surface area contributed by atoms with Crippen molar-refractivity contribution in [1.82, 2.24) is 4.98 Å². The van der Waals surface area contributed by atoms with Crippen LogP contribution in [0.25, 0.3) is 0 Å². The number of hydrogen-bond donors (Lipinski definition) is 1. The molecule has 0 aliphatic heterocycles. The van der Waals surface area contributed by atoms with Crippen molar-refractivity contribution >= 4 is 17.6 Å². The van der Waals surface area contributed by atoms with E-state index in [1.807, 2.05) is 12.1 Å². The molecule has 1 rings (SSSR count). The molecular weight excluding hydrogens is 156 g/mol. The van der Waals surface area contributed by atoms with E-state index in [-0.39, 0.29) is 0 Å². The van der Waals surface area contributed by atoms with Crippen LogP contribution in [0.3, 0.4) is 0 Å². The highest BCUT2D eigenvalue weighted by Gasteiger charge is 2.01. The van der Waals surface area contributed by atoms with Crippen molar-refractivity contribution in [3.63, 3.8) is 0 Å². The lowest BCUT2D eigenvalue weighted by Crippen LogP contribution is -1.94. The SMILES string of the molecule is CC(C)Sc1cccnc1N. The van der Waals surface area contributed by atoms with E-state index >= 15 is 0 Å². The molecule has 0 aliphatic rings. The molecule has 2 N–H and O–H groups in total. The minimum absolute atomic E-state index is 0.557. The molecule has 1 heterocycles. The van der Waals surface area contributed by atoms with E-state index in [4.69, 9.17) is 5.73 Å². The largest absolute Gasteiger partial charge is 0.383 e. The van der Waals surface area contributed by atoms with Crippen LogP contribution >= 0.6 is 11.8 Å². The average molecular weight is 168 g/mol. The molecule has 0 aliphatic carbocycles. The van der Waals surface area contributed by atoms with Crippen molar-refractivity contribution in [3.05, 3.63) is 18.3 Å². The summed E-state index contributed by atoms with van der Waals surface area (Å²) in [7, 11) is 0. The molecule has 2 nitrogen and oxygen atoms in total. The summed E-state index contributed by atoms with van der Waals surface area (Å²) in [5.74, 6) is 0.631. The lowest BCUT2D eigenvalue weighted by atomic mass is 10.5. The van der Waals surface area contributed by atoms with Crippen molar-refractivity contribution in [2.45, 2.75) is 24.0 Å². The van der Waals surface area contributed by atoms with Crippen LogP contribution in [0.15, 0.2) is 23.2 Å². The lowest BCUT2D eigenvalue weighted by Gasteiger charge is -2.05. The van der Waals surface area contributed by atoms with E-state index in [0.29, 0.717) is 11.1 Å². The normalized spacial score (nSPS) is 10.5. The zero-order chi connectivity index (χ0) is 8.27. The maximum Gasteiger partial charge on any atom is 0.137 e. The van der Waals surface area contributed by atoms with Gasteiger partial charge in [0.05, 0.1) is 0 Å². The van der Waals surface area contributed by atoms with Crippen LogP contribution in [-0.4, -0.2) is 10.2 Å². The first-order valence-corrected chi connectivity index (χ1v) is 4.45. The zero-order valence-electron chi connectivity index (χ0n) is 6.74. The molecule has 0 saturated heterocycles. The summed E-state index contributed by atoms with van der Waals surface area (Å²) in [6.45, 7) is 4.27. The predicted molar refractivity (Wildman–Crippen MR) is 49.6 cm³/mol. The van der Waals surface area contributed by atoms with E-state index in [1.54, 1.807) is 18.0 Å². The lowest BCUT2D eigenvalue weighted by molar-refractivity contribution is 1.10. The van der Waals surface area contributed by atoms with Crippen LogP contribution in [0, 0.1) is 0 Å². The summed E-state index contributed by atoms with van der Waals surface area (Å²) >= 11 is 1.74. The summed E-state index contributed by atoms with van der Waals surface area (Å²) < 4.78 is 0. The molecule has 0 aromatic carbocycles. The molecule has 0 amide bonds. The second-order valence-corrected chi connectivity index (χ2v) is 4.17. The van der Waals surface area contributed by atoms with Gasteiger partial charge in [-0.05, 0) is 12.1 Å². The molecule has 0 radical (unpaired) electrons. The molecule has 1 aromatic heterocycles. The van der Waals surface area contributed by atoms with E-state index in [1.165, 1.54) is 0 Å². The smallest absolute Gasteiger partial charge is 0.137 e. The van der Waals surface area contributed by atoms with Gasteiger partial charge < -0.3 is 5.73 Å². The zero-order valence-corrected chi connectivity index (χ0v) is 7.56. The van der Waals surface area contributed by atoms with Gasteiger partial charge in [-0.2, -0.15) is 0 Å². The van der Waals surface area contributed by atoms with Crippen molar-refractivity contribution in [1.29, 1.82) is 0 Å². The standard InChI is InChI=1S/C8H12N2S/c1-6(2)11-7-4-3-5-10-8(7)9/h3-6H,1-2H3,(H2,9,10). The van der Waals surface area contributed by atoms with Crippen LogP contribution < -0.4 is 5.73 Å². The Hall–Kier alpha value is -0.700. The second kappa shape index (κ2) is 3.62. The Kier molecular flexibility index (Phi) is 2.76. The van der Waals surface area contributed by atoms with Gasteiger partial charge in [0, 0.05) is 16.3 Å². The van der Waals surface area contributed by atoms with Crippen molar-refractivity contribution in [3.8, 4) is 0 Å². The summed E-state index contributed by atoms with van der Waals surface area (Å²) in [4.78, 5) is 5.06. The minimum atomic E-state index is 0.557. The van der Waals surface area contributed by atoms with Gasteiger partial charge in [0.1, 0.15) is 5.82 Å². The summed E-state index contributed by atoms with van der Waals surface area (Å²) in [6.07, 6.45) is 1.71. The molecular formula is C8H12N2S. The van der Waals surface area contributed by atoms with Gasteiger partial charge in [0.25, 0.3) is 0 Å². The summed E-state index contributed by atoms with van der Waals surface area (Å²) in [5.41, 5.74) is 5.64. The highest BCUT2D eigenvalue weighted by Crippen LogP contribution is 2.26. The first-order valence-electron chi connectivity index (χ1n) is 3.57. The Morgan fingerprint density at radius 2 is 2.27 bits per heavy atom. The number of rotatable bonds is 2. The van der Waals surface area contributed by atoms with Crippen molar-refractivity contribution in [2.24, 2.45) is 0 Å². The highest BCUT2D eigenvalue weighted by molar-refractivity contribution is 8.00. The highest BCUT2D eigenvalue weighted by atomic mass is 32.2. The predicted octanol–water partition coefficient (Wildman–Crippen LogP) is 2.16. The minimum Gasteiger partial charge on any atom is -0.383 e. The van der Waals surface area contributed by atoms with Gasteiger partial charge in [0.2, 0.25) is 0 Å². The number of anilines is 1. The third-order valence-corrected chi connectivity index (χ3v) is 2.23. The molecule has 0 fully saturated rings. The summed E-state index contributed by atoms with van der Waals surface area (Å²) in [5, 5.41) is 0.557. The number of nitrogen functional groups attached to an aromatic ring is 1. The van der Waals surface area contributed by atoms with Gasteiger partial charge in [0.15, 0.2) is 0 Å². The molecule has 1 aromatic rings. The Labute approximate surface area is 71.2 Å². The first kappa shape index (κ1) is 8.40. The third kappa shape index (κ3) is 2.42. The summed E-state index contributed by atoms with van der Waals surface area (Å²) in [6, 6.07) is 3.90. The molecule has 3 heteroatoms. The number of hydrogen-bond acceptors (Lipinski definition) is 3. The fourth-order valence-corrected chi connectivity index (χ4v) is 1.59. The number of thioether (sulfide) groups is 1. The Morgan fingerprint density at radius 1 is 1.55 bits per heavy atom. The molecule has 0 spiro atoms. The number of nitrogens with two attached hydrogens (primary N) is 1. The monoisotopic (exact) mass is 168 g/mol. The molecule has 0 atom stereocenters. The Bertz CT molecular complexity index is 235. The van der Waals surface area contributed by atoms with E-state index in [9.17, 15) is 0 Å². The Morgan fingerprint density at radius 3 is 2.82 bits per heavy atom. The number of nitrogens with zero attached hydrogens (tertiary/aromatic N) is 1. The molecule has 0 saturated carbocycles. The van der Waals surface area contributed by atoms with E-state index < -0.39 is 0 Å². The van der Waals surface area contributed by atoms with Crippen LogP contribution in [-0.2, 0) is 0 Å². The van der Waals surface area contributed by atoms with Crippen molar-refractivity contribution in [2.75, 3.05) is 5.73 Å². The number of pyridine rings is 1. The second-order valence-electron chi connectivity index (χ2n) is 2.55. The maximum atomic E-state index is 5.64. The van der Waals surface area contributed by atoms with Gasteiger partial charge in [-0.1, -0.05) is 13.8 Å². The maximum absolute atomic E-state index is 5.64. The fourth-order valence-electron chi connectivity index (χ4n) is 0.756. The fraction of sp³-hybridized carbons (Fsp3) is 0.375. The van der Waals surface area contributed by atoms with Crippen LogP contribution in [0.1, 0.15) is 13.8 Å². The van der Waals surface area contributed by atoms with Gasteiger partial charge in [-0.25, -0.2) is 4.98 Å². The molecule has 0 bridgehead atoms. The molecule has 0 unspecified atom stereocenters. The van der Waals surface area contributed by atoms with E-state index in [0.717, 1.165) is 4.90 Å². The van der Waals surface area contributed by atoms with Crippen LogP contribution in [0.4, 0.5) is 5.82 Å². The average Bonchev–Trinajstić information content (AvgIpc) is 1.93. The third-order valence-electron chi connectivity index (χ3n) is 1.16. The first-order chi connectivity index (χ1) is 5.20. The van der Waals surface area contributed by atoms with Crippen LogP contribution in [0.5, 0.6) is 0 Å². The van der Waals surface area contributed by atoms with Gasteiger partial charge >= 0.3 is 0 Å². The van der Waals surface area contributed by atoms with E-state index in [2.05, 4.69) is 18.8 Å².